The Hall–Kier alpha value is -2.18. The third kappa shape index (κ3) is 2.00. The van der Waals surface area contributed by atoms with Crippen LogP contribution in [0.5, 0.6) is 0 Å². The fourth-order valence-electron chi connectivity index (χ4n) is 2.08. The lowest BCUT2D eigenvalue weighted by Gasteiger charge is -2.05. The molecule has 2 aromatic carbocycles. The van der Waals surface area contributed by atoms with Gasteiger partial charge in [-0.3, -0.25) is 5.10 Å². The summed E-state index contributed by atoms with van der Waals surface area (Å²) in [4.78, 5) is 0.0762. The van der Waals surface area contributed by atoms with Crippen molar-refractivity contribution in [3.8, 4) is 11.3 Å². The molecule has 3 aromatic rings. The van der Waals surface area contributed by atoms with Gasteiger partial charge in [-0.05, 0) is 12.1 Å². The van der Waals surface area contributed by atoms with Gasteiger partial charge < -0.3 is 0 Å². The molecule has 0 unspecified atom stereocenters. The van der Waals surface area contributed by atoms with Crippen molar-refractivity contribution in [3.05, 3.63) is 48.5 Å². The smallest absolute Gasteiger partial charge is 0.238 e. The molecule has 0 spiro atoms. The molecule has 0 aliphatic heterocycles. The predicted octanol–water partition coefficient (Wildman–Crippen LogP) is 1.88. The van der Waals surface area contributed by atoms with Gasteiger partial charge in [0.15, 0.2) is 0 Å². The van der Waals surface area contributed by atoms with Gasteiger partial charge in [-0.15, -0.1) is 0 Å². The first-order chi connectivity index (χ1) is 9.07. The second kappa shape index (κ2) is 4.18. The molecule has 1 heterocycles. The van der Waals surface area contributed by atoms with E-state index in [0.29, 0.717) is 11.3 Å². The lowest BCUT2D eigenvalue weighted by Crippen LogP contribution is -2.13. The molecule has 6 heteroatoms. The molecule has 3 rings (SSSR count). The molecule has 0 saturated carbocycles. The average Bonchev–Trinajstić information content (AvgIpc) is 2.81. The highest BCUT2D eigenvalue weighted by molar-refractivity contribution is 7.89. The van der Waals surface area contributed by atoms with Crippen LogP contribution in [0.15, 0.2) is 53.4 Å². The number of nitrogens with zero attached hydrogens (tertiary/aromatic N) is 1. The van der Waals surface area contributed by atoms with Crippen LogP contribution >= 0.6 is 0 Å². The van der Waals surface area contributed by atoms with Crippen LogP contribution < -0.4 is 5.14 Å². The van der Waals surface area contributed by atoms with E-state index < -0.39 is 10.0 Å². The van der Waals surface area contributed by atoms with E-state index in [-0.39, 0.29) is 4.90 Å². The lowest BCUT2D eigenvalue weighted by molar-refractivity contribution is 0.598. The van der Waals surface area contributed by atoms with E-state index in [1.807, 2.05) is 24.3 Å². The topological polar surface area (TPSA) is 88.8 Å². The number of hydrogen-bond donors (Lipinski definition) is 2. The zero-order valence-corrected chi connectivity index (χ0v) is 10.7. The van der Waals surface area contributed by atoms with Gasteiger partial charge in [0.1, 0.15) is 5.69 Å². The van der Waals surface area contributed by atoms with Crippen molar-refractivity contribution in [3.63, 3.8) is 0 Å². The molecule has 0 fully saturated rings. The van der Waals surface area contributed by atoms with Crippen LogP contribution in [-0.4, -0.2) is 18.6 Å². The monoisotopic (exact) mass is 273 g/mol. The maximum absolute atomic E-state index is 11.6. The molecule has 19 heavy (non-hydrogen) atoms. The quantitative estimate of drug-likeness (QED) is 0.747. The van der Waals surface area contributed by atoms with Crippen LogP contribution in [0.3, 0.4) is 0 Å². The summed E-state index contributed by atoms with van der Waals surface area (Å²) < 4.78 is 23.2. The number of benzene rings is 2. The Labute approximate surface area is 110 Å². The first-order valence-electron chi connectivity index (χ1n) is 5.63. The third-order valence-corrected chi connectivity index (χ3v) is 3.89. The summed E-state index contributed by atoms with van der Waals surface area (Å²) in [6.07, 6.45) is 0. The van der Waals surface area contributed by atoms with Gasteiger partial charge >= 0.3 is 0 Å². The summed E-state index contributed by atoms with van der Waals surface area (Å²) in [5.74, 6) is 0. The third-order valence-electron chi connectivity index (χ3n) is 2.92. The lowest BCUT2D eigenvalue weighted by atomic mass is 10.1. The molecule has 0 aliphatic carbocycles. The number of rotatable bonds is 2. The number of aromatic amines is 1. The number of fused-ring (bicyclic) bond motifs is 1. The Bertz CT molecular complexity index is 853. The minimum absolute atomic E-state index is 0.0762. The van der Waals surface area contributed by atoms with Gasteiger partial charge in [-0.1, -0.05) is 36.4 Å². The molecular formula is C13H11N3O2S. The Balaban J connectivity index is 2.34. The summed E-state index contributed by atoms with van der Waals surface area (Å²) in [7, 11) is -3.78. The van der Waals surface area contributed by atoms with Crippen molar-refractivity contribution in [1.82, 2.24) is 10.2 Å². The van der Waals surface area contributed by atoms with Crippen molar-refractivity contribution in [2.24, 2.45) is 5.14 Å². The SMILES string of the molecule is NS(=O)(=O)c1ccccc1-c1n[nH]c2ccccc12. The van der Waals surface area contributed by atoms with Crippen molar-refractivity contribution in [1.29, 1.82) is 0 Å². The minimum atomic E-state index is -3.78. The predicted molar refractivity (Wildman–Crippen MR) is 72.9 cm³/mol. The summed E-state index contributed by atoms with van der Waals surface area (Å²) in [6.45, 7) is 0. The van der Waals surface area contributed by atoms with Gasteiger partial charge in [0, 0.05) is 10.9 Å². The normalized spacial score (nSPS) is 11.8. The molecule has 0 radical (unpaired) electrons. The number of hydrogen-bond acceptors (Lipinski definition) is 3. The Morgan fingerprint density at radius 2 is 1.68 bits per heavy atom. The zero-order chi connectivity index (χ0) is 13.5. The Morgan fingerprint density at radius 1 is 1.00 bits per heavy atom. The molecule has 0 bridgehead atoms. The van der Waals surface area contributed by atoms with Gasteiger partial charge in [-0.2, -0.15) is 5.10 Å². The molecule has 3 N–H and O–H groups in total. The second-order valence-electron chi connectivity index (χ2n) is 4.16. The van der Waals surface area contributed by atoms with Gasteiger partial charge in [0.25, 0.3) is 0 Å². The summed E-state index contributed by atoms with van der Waals surface area (Å²) in [5, 5.41) is 13.2. The number of H-pyrrole nitrogens is 1. The van der Waals surface area contributed by atoms with E-state index in [1.54, 1.807) is 18.2 Å². The highest BCUT2D eigenvalue weighted by atomic mass is 32.2. The molecule has 96 valence electrons. The fraction of sp³-hybridized carbons (Fsp3) is 0. The maximum atomic E-state index is 11.6. The van der Waals surface area contributed by atoms with Crippen molar-refractivity contribution in [2.75, 3.05) is 0 Å². The second-order valence-corrected chi connectivity index (χ2v) is 5.69. The first kappa shape index (κ1) is 11.9. The van der Waals surface area contributed by atoms with E-state index in [0.717, 1.165) is 10.9 Å². The standard InChI is InChI=1S/C13H11N3O2S/c14-19(17,18)12-8-4-2-6-10(12)13-9-5-1-3-7-11(9)15-16-13/h1-8H,(H,15,16)(H2,14,17,18). The first-order valence-corrected chi connectivity index (χ1v) is 7.17. The number of para-hydroxylation sites is 1. The van der Waals surface area contributed by atoms with Crippen molar-refractivity contribution >= 4 is 20.9 Å². The van der Waals surface area contributed by atoms with Crippen LogP contribution in [0, 0.1) is 0 Å². The van der Waals surface area contributed by atoms with E-state index in [1.165, 1.54) is 6.07 Å². The van der Waals surface area contributed by atoms with Crippen LogP contribution in [0.4, 0.5) is 0 Å². The van der Waals surface area contributed by atoms with Gasteiger partial charge in [-0.25, -0.2) is 13.6 Å². The van der Waals surface area contributed by atoms with E-state index in [2.05, 4.69) is 10.2 Å². The number of aromatic nitrogens is 2. The molecule has 0 saturated heterocycles. The van der Waals surface area contributed by atoms with Crippen molar-refractivity contribution in [2.45, 2.75) is 4.90 Å². The summed E-state index contributed by atoms with van der Waals surface area (Å²) in [5.41, 5.74) is 1.93. The number of nitrogens with one attached hydrogen (secondary N) is 1. The fourth-order valence-corrected chi connectivity index (χ4v) is 2.82. The average molecular weight is 273 g/mol. The molecule has 5 nitrogen and oxygen atoms in total. The van der Waals surface area contributed by atoms with E-state index in [4.69, 9.17) is 5.14 Å². The van der Waals surface area contributed by atoms with E-state index in [9.17, 15) is 8.42 Å². The largest absolute Gasteiger partial charge is 0.277 e. The molecule has 0 amide bonds. The number of nitrogens with two attached hydrogens (primary N) is 1. The van der Waals surface area contributed by atoms with E-state index >= 15 is 0 Å². The van der Waals surface area contributed by atoms with Crippen LogP contribution in [0.1, 0.15) is 0 Å². The van der Waals surface area contributed by atoms with Gasteiger partial charge in [0.2, 0.25) is 10.0 Å². The van der Waals surface area contributed by atoms with Crippen LogP contribution in [0.25, 0.3) is 22.2 Å². The molecular weight excluding hydrogens is 262 g/mol. The molecule has 0 atom stereocenters. The summed E-state index contributed by atoms with van der Waals surface area (Å²) >= 11 is 0. The number of sulfonamides is 1. The Kier molecular flexibility index (Phi) is 2.62. The van der Waals surface area contributed by atoms with Crippen LogP contribution in [-0.2, 0) is 10.0 Å². The Morgan fingerprint density at radius 3 is 2.47 bits per heavy atom. The zero-order valence-electron chi connectivity index (χ0n) is 9.87. The van der Waals surface area contributed by atoms with Gasteiger partial charge in [0.05, 0.1) is 10.4 Å². The van der Waals surface area contributed by atoms with Crippen LogP contribution in [0.2, 0.25) is 0 Å². The minimum Gasteiger partial charge on any atom is -0.277 e. The summed E-state index contributed by atoms with van der Waals surface area (Å²) in [6, 6.07) is 14.1. The maximum Gasteiger partial charge on any atom is 0.238 e. The number of primary sulfonamides is 1. The highest BCUT2D eigenvalue weighted by Gasteiger charge is 2.17. The molecule has 0 aliphatic rings. The highest BCUT2D eigenvalue weighted by Crippen LogP contribution is 2.30. The molecule has 1 aromatic heterocycles. The van der Waals surface area contributed by atoms with Crippen molar-refractivity contribution < 1.29 is 8.42 Å².